The van der Waals surface area contributed by atoms with Gasteiger partial charge in [0, 0.05) is 4.47 Å². The highest BCUT2D eigenvalue weighted by atomic mass is 79.9. The smallest absolute Gasteiger partial charge is 0.416 e. The summed E-state index contributed by atoms with van der Waals surface area (Å²) >= 11 is 3.44. The zero-order valence-corrected chi connectivity index (χ0v) is 19.6. The van der Waals surface area contributed by atoms with Crippen LogP contribution in [0, 0.1) is 13.8 Å². The number of aromatic nitrogens is 1. The zero-order valence-electron chi connectivity index (χ0n) is 18.0. The van der Waals surface area contributed by atoms with Gasteiger partial charge >= 0.3 is 12.3 Å². The van der Waals surface area contributed by atoms with Crippen molar-refractivity contribution in [2.24, 2.45) is 0 Å². The van der Waals surface area contributed by atoms with Crippen molar-refractivity contribution >= 4 is 27.8 Å². The molecule has 1 amide bonds. The summed E-state index contributed by atoms with van der Waals surface area (Å²) in [4.78, 5) is 19.9. The summed E-state index contributed by atoms with van der Waals surface area (Å²) in [5.41, 5.74) is 1.06. The first-order chi connectivity index (χ1) is 15.2. The minimum atomic E-state index is -4.52. The Balaban J connectivity index is 1.59. The van der Waals surface area contributed by atoms with Gasteiger partial charge in [0.15, 0.2) is 0 Å². The number of carbonyl (C=O) groups is 1. The first kappa shape index (κ1) is 23.7. The van der Waals surface area contributed by atoms with Crippen LogP contribution in [0.15, 0.2) is 28.7 Å². The van der Waals surface area contributed by atoms with Crippen LogP contribution in [0.25, 0.3) is 0 Å². The van der Waals surface area contributed by atoms with Crippen LogP contribution < -0.4 is 4.90 Å². The fourth-order valence-corrected chi connectivity index (χ4v) is 4.44. The maximum atomic E-state index is 13.3. The number of halogens is 6. The molecule has 0 unspecified atom stereocenters. The molecule has 0 N–H and O–H groups in total. The van der Waals surface area contributed by atoms with E-state index in [9.17, 15) is 26.7 Å². The number of rotatable bonds is 4. The summed E-state index contributed by atoms with van der Waals surface area (Å²) in [6.07, 6.45) is -6.10. The molecule has 2 fully saturated rings. The number of carbonyl (C=O) groups excluding carboxylic acids is 1. The Morgan fingerprint density at radius 1 is 1.18 bits per heavy atom. The van der Waals surface area contributed by atoms with E-state index in [0.717, 1.165) is 17.7 Å². The second-order valence-corrected chi connectivity index (χ2v) is 9.37. The molecule has 4 rings (SSSR count). The summed E-state index contributed by atoms with van der Waals surface area (Å²) in [6.45, 7) is 4.17. The highest BCUT2D eigenvalue weighted by molar-refractivity contribution is 9.10. The molecule has 0 bridgehead atoms. The van der Waals surface area contributed by atoms with Crippen molar-refractivity contribution in [2.45, 2.75) is 51.6 Å². The summed E-state index contributed by atoms with van der Waals surface area (Å²) < 4.78 is 72.4. The first-order valence-electron chi connectivity index (χ1n) is 10.2. The SMILES string of the molecule is Cc1cc([C@H]2OC(=O)N(Cc3nc(N4CC(F)(F)C4)cc(C)c3Br)[C@H]2C)cc(C(F)(F)F)c1. The predicted octanol–water partition coefficient (Wildman–Crippen LogP) is 6.02. The van der Waals surface area contributed by atoms with Crippen molar-refractivity contribution in [3.63, 3.8) is 0 Å². The van der Waals surface area contributed by atoms with Crippen LogP contribution in [-0.4, -0.2) is 41.0 Å². The van der Waals surface area contributed by atoms with Crippen molar-refractivity contribution < 1.29 is 31.5 Å². The topological polar surface area (TPSA) is 45.7 Å². The molecule has 11 heteroatoms. The third-order valence-electron chi connectivity index (χ3n) is 5.83. The molecule has 3 heterocycles. The van der Waals surface area contributed by atoms with Crippen molar-refractivity contribution in [2.75, 3.05) is 18.0 Å². The average molecular weight is 534 g/mol. The van der Waals surface area contributed by atoms with Crippen molar-refractivity contribution in [1.82, 2.24) is 9.88 Å². The lowest BCUT2D eigenvalue weighted by molar-refractivity contribution is -0.137. The van der Waals surface area contributed by atoms with E-state index in [0.29, 0.717) is 21.5 Å². The number of hydrogen-bond acceptors (Lipinski definition) is 4. The van der Waals surface area contributed by atoms with E-state index in [4.69, 9.17) is 4.74 Å². The lowest BCUT2D eigenvalue weighted by Gasteiger charge is -2.40. The van der Waals surface area contributed by atoms with Gasteiger partial charge in [0.2, 0.25) is 0 Å². The Hall–Kier alpha value is -2.43. The molecule has 0 saturated carbocycles. The van der Waals surface area contributed by atoms with E-state index < -0.39 is 49.0 Å². The summed E-state index contributed by atoms with van der Waals surface area (Å²) in [6, 6.07) is 4.70. The van der Waals surface area contributed by atoms with Crippen molar-refractivity contribution in [3.8, 4) is 0 Å². The monoisotopic (exact) mass is 533 g/mol. The van der Waals surface area contributed by atoms with Crippen LogP contribution in [0.1, 0.15) is 41.0 Å². The number of ether oxygens (including phenoxy) is 1. The number of hydrogen-bond donors (Lipinski definition) is 0. The second kappa shape index (κ2) is 8.11. The number of cyclic esters (lactones) is 1. The molecule has 5 nitrogen and oxygen atoms in total. The maximum Gasteiger partial charge on any atom is 0.416 e. The molecule has 2 aliphatic rings. The first-order valence-corrected chi connectivity index (χ1v) is 11.0. The van der Waals surface area contributed by atoms with E-state index in [1.165, 1.54) is 9.80 Å². The summed E-state index contributed by atoms with van der Waals surface area (Å²) in [5.74, 6) is -2.38. The molecule has 2 atom stereocenters. The van der Waals surface area contributed by atoms with E-state index in [-0.39, 0.29) is 12.1 Å². The number of pyridine rings is 1. The Labute approximate surface area is 195 Å². The lowest BCUT2D eigenvalue weighted by Crippen LogP contribution is -2.56. The molecule has 33 heavy (non-hydrogen) atoms. The molecule has 0 spiro atoms. The minimum absolute atomic E-state index is 0.00788. The minimum Gasteiger partial charge on any atom is -0.439 e. The zero-order chi connectivity index (χ0) is 24.3. The van der Waals surface area contributed by atoms with Crippen molar-refractivity contribution in [1.29, 1.82) is 0 Å². The molecule has 1 aromatic heterocycles. The van der Waals surface area contributed by atoms with Gasteiger partial charge in [0.05, 0.1) is 36.9 Å². The standard InChI is InChI=1S/C22H21BrF5N3O2/c1-11-4-14(7-15(5-11)22(26,27)28)19-13(3)31(20(32)33-19)8-16-18(23)12(2)6-17(29-16)30-9-21(24,25)10-30/h4-7,13,19H,8-10H2,1-3H3/t13-,19-/m0/s1. The highest BCUT2D eigenvalue weighted by Gasteiger charge is 2.45. The fraction of sp³-hybridized carbons (Fsp3) is 0.455. The molecule has 0 radical (unpaired) electrons. The predicted molar refractivity (Wildman–Crippen MR) is 114 cm³/mol. The third kappa shape index (κ3) is 4.64. The highest BCUT2D eigenvalue weighted by Crippen LogP contribution is 2.39. The molecule has 178 valence electrons. The van der Waals surface area contributed by atoms with E-state index in [1.54, 1.807) is 32.9 Å². The normalized spacial score (nSPS) is 22.4. The number of anilines is 1. The van der Waals surface area contributed by atoms with Gasteiger partial charge in [-0.05, 0) is 66.0 Å². The van der Waals surface area contributed by atoms with Gasteiger partial charge in [0.25, 0.3) is 5.92 Å². The number of nitrogens with zero attached hydrogens (tertiary/aromatic N) is 3. The van der Waals surface area contributed by atoms with Gasteiger partial charge in [0.1, 0.15) is 11.9 Å². The quantitative estimate of drug-likeness (QED) is 0.451. The van der Waals surface area contributed by atoms with Gasteiger partial charge in [-0.15, -0.1) is 0 Å². The van der Waals surface area contributed by atoms with Crippen LogP contribution >= 0.6 is 15.9 Å². The third-order valence-corrected chi connectivity index (χ3v) is 6.91. The maximum absolute atomic E-state index is 13.3. The average Bonchev–Trinajstić information content (AvgIpc) is 2.96. The number of benzene rings is 1. The number of alkyl halides is 5. The lowest BCUT2D eigenvalue weighted by atomic mass is 9.98. The van der Waals surface area contributed by atoms with Crippen LogP contribution in [0.4, 0.5) is 32.6 Å². The van der Waals surface area contributed by atoms with E-state index in [2.05, 4.69) is 20.9 Å². The molecular weight excluding hydrogens is 513 g/mol. The number of aryl methyl sites for hydroxylation is 2. The molecule has 0 aliphatic carbocycles. The Bertz CT molecular complexity index is 1100. The molecular formula is C22H21BrF5N3O2. The van der Waals surface area contributed by atoms with E-state index >= 15 is 0 Å². The van der Waals surface area contributed by atoms with Crippen LogP contribution in [-0.2, 0) is 17.5 Å². The Morgan fingerprint density at radius 2 is 1.85 bits per heavy atom. The van der Waals surface area contributed by atoms with Gasteiger partial charge in [-0.1, -0.05) is 11.6 Å². The molecule has 1 aromatic carbocycles. The van der Waals surface area contributed by atoms with E-state index in [1.807, 2.05) is 0 Å². The van der Waals surface area contributed by atoms with Crippen LogP contribution in [0.5, 0.6) is 0 Å². The molecule has 2 saturated heterocycles. The van der Waals surface area contributed by atoms with Crippen LogP contribution in [0.3, 0.4) is 0 Å². The number of amides is 1. The van der Waals surface area contributed by atoms with Crippen molar-refractivity contribution in [3.05, 3.63) is 56.7 Å². The summed E-state index contributed by atoms with van der Waals surface area (Å²) in [5, 5.41) is 0. The fourth-order valence-electron chi connectivity index (χ4n) is 4.11. The molecule has 2 aromatic rings. The van der Waals surface area contributed by atoms with Gasteiger partial charge < -0.3 is 9.64 Å². The van der Waals surface area contributed by atoms with Gasteiger partial charge in [-0.2, -0.15) is 13.2 Å². The Morgan fingerprint density at radius 3 is 2.45 bits per heavy atom. The largest absolute Gasteiger partial charge is 0.439 e. The van der Waals surface area contributed by atoms with Gasteiger partial charge in [-0.25, -0.2) is 18.6 Å². The summed E-state index contributed by atoms with van der Waals surface area (Å²) in [7, 11) is 0. The molecule has 2 aliphatic heterocycles. The van der Waals surface area contributed by atoms with Gasteiger partial charge in [-0.3, -0.25) is 4.90 Å². The second-order valence-electron chi connectivity index (χ2n) is 8.57. The van der Waals surface area contributed by atoms with Crippen LogP contribution in [0.2, 0.25) is 0 Å². The Kier molecular flexibility index (Phi) is 5.83.